The van der Waals surface area contributed by atoms with Gasteiger partial charge in [0.05, 0.1) is 30.8 Å². The maximum absolute atomic E-state index is 9.73. The average molecular weight is 333 g/mol. The van der Waals surface area contributed by atoms with E-state index in [0.29, 0.717) is 22.9 Å². The van der Waals surface area contributed by atoms with Gasteiger partial charge in [-0.25, -0.2) is 4.98 Å². The fraction of sp³-hybridized carbons (Fsp3) is 0.200. The van der Waals surface area contributed by atoms with E-state index < -0.39 is 0 Å². The van der Waals surface area contributed by atoms with Gasteiger partial charge >= 0.3 is 0 Å². The van der Waals surface area contributed by atoms with Gasteiger partial charge in [0, 0.05) is 12.1 Å². The van der Waals surface area contributed by atoms with Crippen LogP contribution >= 0.6 is 0 Å². The lowest BCUT2D eigenvalue weighted by molar-refractivity contribution is 0.354. The van der Waals surface area contributed by atoms with Crippen LogP contribution in [-0.2, 0) is 6.54 Å². The molecule has 25 heavy (non-hydrogen) atoms. The number of methoxy groups -OCH3 is 2. The Morgan fingerprint density at radius 1 is 1.16 bits per heavy atom. The minimum Gasteiger partial charge on any atom is -0.493 e. The van der Waals surface area contributed by atoms with Crippen LogP contribution in [0.2, 0.25) is 0 Å². The summed E-state index contributed by atoms with van der Waals surface area (Å²) in [5.41, 5.74) is 3.13. The van der Waals surface area contributed by atoms with Crippen LogP contribution < -0.4 is 9.47 Å². The molecule has 0 spiro atoms. The number of fused-ring (bicyclic) bond motifs is 1. The first-order valence-electron chi connectivity index (χ1n) is 8.01. The standard InChI is InChI=1S/C20H19N3O2/c1-4-23-17-10-6-5-9-16(17)22-20(23)15(13-21)12-14-8-7-11-18(24-2)19(14)25-3/h5-12H,4H2,1-3H3/b15-12-. The highest BCUT2D eigenvalue weighted by Crippen LogP contribution is 2.33. The molecule has 0 radical (unpaired) electrons. The number of rotatable bonds is 5. The molecular formula is C20H19N3O2. The van der Waals surface area contributed by atoms with Gasteiger partial charge < -0.3 is 14.0 Å². The average Bonchev–Trinajstić information content (AvgIpc) is 3.03. The lowest BCUT2D eigenvalue weighted by Gasteiger charge is -2.11. The number of allylic oxidation sites excluding steroid dienone is 1. The van der Waals surface area contributed by atoms with E-state index in [9.17, 15) is 5.26 Å². The molecule has 3 aromatic rings. The molecule has 0 fully saturated rings. The third kappa shape index (κ3) is 2.94. The molecule has 3 rings (SSSR count). The van der Waals surface area contributed by atoms with Gasteiger partial charge in [-0.15, -0.1) is 0 Å². The normalized spacial score (nSPS) is 11.4. The Kier molecular flexibility index (Phi) is 4.71. The van der Waals surface area contributed by atoms with Crippen LogP contribution in [0.1, 0.15) is 18.3 Å². The van der Waals surface area contributed by atoms with Gasteiger partial charge in [0.2, 0.25) is 0 Å². The summed E-state index contributed by atoms with van der Waals surface area (Å²) in [6.07, 6.45) is 1.79. The molecule has 1 heterocycles. The Morgan fingerprint density at radius 2 is 1.96 bits per heavy atom. The molecule has 0 unspecified atom stereocenters. The summed E-state index contributed by atoms with van der Waals surface area (Å²) in [4.78, 5) is 4.65. The van der Waals surface area contributed by atoms with Gasteiger partial charge in [-0.05, 0) is 31.2 Å². The van der Waals surface area contributed by atoms with Crippen molar-refractivity contribution in [2.45, 2.75) is 13.5 Å². The molecule has 0 bridgehead atoms. The largest absolute Gasteiger partial charge is 0.493 e. The van der Waals surface area contributed by atoms with Crippen LogP contribution in [-0.4, -0.2) is 23.8 Å². The number of aromatic nitrogens is 2. The van der Waals surface area contributed by atoms with Crippen LogP contribution in [0.3, 0.4) is 0 Å². The van der Waals surface area contributed by atoms with Crippen molar-refractivity contribution in [3.63, 3.8) is 0 Å². The van der Waals surface area contributed by atoms with Crippen LogP contribution in [0, 0.1) is 11.3 Å². The van der Waals surface area contributed by atoms with Gasteiger partial charge in [0.25, 0.3) is 0 Å². The van der Waals surface area contributed by atoms with E-state index in [1.807, 2.05) is 54.0 Å². The van der Waals surface area contributed by atoms with Crippen LogP contribution in [0.5, 0.6) is 11.5 Å². The maximum Gasteiger partial charge on any atom is 0.167 e. The molecular weight excluding hydrogens is 314 g/mol. The van der Waals surface area contributed by atoms with Crippen LogP contribution in [0.4, 0.5) is 0 Å². The zero-order valence-corrected chi connectivity index (χ0v) is 14.5. The topological polar surface area (TPSA) is 60.1 Å². The lowest BCUT2D eigenvalue weighted by Crippen LogP contribution is -2.00. The first-order chi connectivity index (χ1) is 12.2. The molecule has 1 aromatic heterocycles. The fourth-order valence-corrected chi connectivity index (χ4v) is 2.93. The molecule has 5 nitrogen and oxygen atoms in total. The number of benzene rings is 2. The quantitative estimate of drug-likeness (QED) is 0.659. The van der Waals surface area contributed by atoms with E-state index in [1.165, 1.54) is 0 Å². The third-order valence-corrected chi connectivity index (χ3v) is 4.07. The predicted octanol–water partition coefficient (Wildman–Crippen LogP) is 4.14. The van der Waals surface area contributed by atoms with Crippen molar-refractivity contribution >= 4 is 22.7 Å². The van der Waals surface area contributed by atoms with Crippen LogP contribution in [0.25, 0.3) is 22.7 Å². The highest BCUT2D eigenvalue weighted by Gasteiger charge is 2.15. The molecule has 5 heteroatoms. The molecule has 0 saturated heterocycles. The minimum absolute atomic E-state index is 0.476. The van der Waals surface area contributed by atoms with Crippen LogP contribution in [0.15, 0.2) is 42.5 Å². The minimum atomic E-state index is 0.476. The highest BCUT2D eigenvalue weighted by molar-refractivity contribution is 5.92. The van der Waals surface area contributed by atoms with E-state index in [4.69, 9.17) is 9.47 Å². The molecule has 0 N–H and O–H groups in total. The van der Waals surface area contributed by atoms with Gasteiger partial charge in [-0.1, -0.05) is 24.3 Å². The molecule has 2 aromatic carbocycles. The predicted molar refractivity (Wildman–Crippen MR) is 98.4 cm³/mol. The van der Waals surface area contributed by atoms with E-state index >= 15 is 0 Å². The third-order valence-electron chi connectivity index (χ3n) is 4.07. The van der Waals surface area contributed by atoms with E-state index in [0.717, 1.165) is 23.1 Å². The smallest absolute Gasteiger partial charge is 0.167 e. The molecule has 0 atom stereocenters. The Hall–Kier alpha value is -3.26. The number of para-hydroxylation sites is 3. The van der Waals surface area contributed by atoms with Crippen molar-refractivity contribution in [3.8, 4) is 17.6 Å². The summed E-state index contributed by atoms with van der Waals surface area (Å²) in [6, 6.07) is 15.7. The number of hydrogen-bond acceptors (Lipinski definition) is 4. The number of hydrogen-bond donors (Lipinski definition) is 0. The molecule has 0 aliphatic heterocycles. The summed E-state index contributed by atoms with van der Waals surface area (Å²) in [6.45, 7) is 2.77. The number of nitriles is 1. The molecule has 0 amide bonds. The summed E-state index contributed by atoms with van der Waals surface area (Å²) >= 11 is 0. The Balaban J connectivity index is 2.20. The SMILES string of the molecule is CCn1c(/C(C#N)=C\c2cccc(OC)c2OC)nc2ccccc21. The van der Waals surface area contributed by atoms with Crippen molar-refractivity contribution in [3.05, 3.63) is 53.9 Å². The number of imidazole rings is 1. The fourth-order valence-electron chi connectivity index (χ4n) is 2.93. The molecule has 0 aliphatic carbocycles. The zero-order chi connectivity index (χ0) is 17.8. The summed E-state index contributed by atoms with van der Waals surface area (Å²) in [5, 5.41) is 9.73. The van der Waals surface area contributed by atoms with Crippen molar-refractivity contribution < 1.29 is 9.47 Å². The first-order valence-corrected chi connectivity index (χ1v) is 8.01. The Bertz CT molecular complexity index is 980. The second-order valence-corrected chi connectivity index (χ2v) is 5.42. The Morgan fingerprint density at radius 3 is 2.64 bits per heavy atom. The van der Waals surface area contributed by atoms with E-state index in [1.54, 1.807) is 20.3 Å². The van der Waals surface area contributed by atoms with Crippen molar-refractivity contribution in [2.75, 3.05) is 14.2 Å². The van der Waals surface area contributed by atoms with Gasteiger partial charge in [-0.2, -0.15) is 5.26 Å². The van der Waals surface area contributed by atoms with Crippen molar-refractivity contribution in [2.24, 2.45) is 0 Å². The summed E-state index contributed by atoms with van der Waals surface area (Å²) in [5.74, 6) is 1.87. The molecule has 126 valence electrons. The van der Waals surface area contributed by atoms with Crippen molar-refractivity contribution in [1.82, 2.24) is 9.55 Å². The Labute approximate surface area is 146 Å². The first kappa shape index (κ1) is 16.6. The summed E-state index contributed by atoms with van der Waals surface area (Å²) < 4.78 is 12.8. The number of ether oxygens (including phenoxy) is 2. The maximum atomic E-state index is 9.73. The second kappa shape index (κ2) is 7.10. The van der Waals surface area contributed by atoms with E-state index in [2.05, 4.69) is 11.1 Å². The van der Waals surface area contributed by atoms with Crippen molar-refractivity contribution in [1.29, 1.82) is 5.26 Å². The lowest BCUT2D eigenvalue weighted by atomic mass is 10.1. The molecule has 0 saturated carbocycles. The van der Waals surface area contributed by atoms with Gasteiger partial charge in [0.15, 0.2) is 17.3 Å². The van der Waals surface area contributed by atoms with Gasteiger partial charge in [-0.3, -0.25) is 0 Å². The zero-order valence-electron chi connectivity index (χ0n) is 14.5. The van der Waals surface area contributed by atoms with E-state index in [-0.39, 0.29) is 0 Å². The highest BCUT2D eigenvalue weighted by atomic mass is 16.5. The van der Waals surface area contributed by atoms with Gasteiger partial charge in [0.1, 0.15) is 6.07 Å². The molecule has 0 aliphatic rings. The number of aryl methyl sites for hydroxylation is 1. The second-order valence-electron chi connectivity index (χ2n) is 5.42. The summed E-state index contributed by atoms with van der Waals surface area (Å²) in [7, 11) is 3.18. The monoisotopic (exact) mass is 333 g/mol. The number of nitrogens with zero attached hydrogens (tertiary/aromatic N) is 3.